The van der Waals surface area contributed by atoms with Crippen LogP contribution in [0.1, 0.15) is 11.1 Å². The fourth-order valence-electron chi connectivity index (χ4n) is 4.21. The van der Waals surface area contributed by atoms with Crippen molar-refractivity contribution in [2.75, 3.05) is 23.9 Å². The second-order valence-electron chi connectivity index (χ2n) is 9.53. The quantitative estimate of drug-likeness (QED) is 0.196. The molecule has 0 saturated heterocycles. The first kappa shape index (κ1) is 27.2. The Kier molecular flexibility index (Phi) is 8.33. The molecule has 0 radical (unpaired) electrons. The van der Waals surface area contributed by atoms with Gasteiger partial charge in [0.15, 0.2) is 0 Å². The van der Waals surface area contributed by atoms with Crippen LogP contribution < -0.4 is 15.4 Å². The largest absolute Gasteiger partial charge is 0.489 e. The first-order valence-electron chi connectivity index (χ1n) is 12.8. The summed E-state index contributed by atoms with van der Waals surface area (Å²) >= 11 is 0. The SMILES string of the molecule is CS(=O)(=O)CCNCc1ccc(-c2ccc3ncnc(Nc4ccc(OCc5cccc(F)c5)cc4)c3c2)cc1. The predicted octanol–water partition coefficient (Wildman–Crippen LogP) is 5.89. The molecule has 5 rings (SSSR count). The summed E-state index contributed by atoms with van der Waals surface area (Å²) in [7, 11) is -2.97. The van der Waals surface area contributed by atoms with E-state index in [0.29, 0.717) is 24.7 Å². The molecule has 0 aliphatic rings. The number of halogens is 1. The Morgan fingerprint density at radius 2 is 1.62 bits per heavy atom. The molecule has 7 nitrogen and oxygen atoms in total. The minimum Gasteiger partial charge on any atom is -0.489 e. The number of aromatic nitrogens is 2. The van der Waals surface area contributed by atoms with Gasteiger partial charge < -0.3 is 15.4 Å². The van der Waals surface area contributed by atoms with Crippen LogP contribution in [0.15, 0.2) is 97.3 Å². The van der Waals surface area contributed by atoms with E-state index >= 15 is 0 Å². The summed E-state index contributed by atoms with van der Waals surface area (Å²) in [6.45, 7) is 1.31. The van der Waals surface area contributed by atoms with Crippen molar-refractivity contribution in [3.05, 3.63) is 114 Å². The van der Waals surface area contributed by atoms with Gasteiger partial charge in [-0.25, -0.2) is 22.8 Å². The number of nitrogens with one attached hydrogen (secondary N) is 2. The number of hydrogen-bond acceptors (Lipinski definition) is 7. The maximum absolute atomic E-state index is 13.4. The minimum absolute atomic E-state index is 0.120. The van der Waals surface area contributed by atoms with Crippen LogP contribution in [0, 0.1) is 5.82 Å². The molecule has 0 saturated carbocycles. The summed E-state index contributed by atoms with van der Waals surface area (Å²) in [6.07, 6.45) is 2.77. The van der Waals surface area contributed by atoms with E-state index in [-0.39, 0.29) is 18.2 Å². The minimum atomic E-state index is -2.97. The molecule has 0 aliphatic heterocycles. The Bertz CT molecular complexity index is 1710. The van der Waals surface area contributed by atoms with Crippen molar-refractivity contribution in [2.45, 2.75) is 13.2 Å². The molecule has 9 heteroatoms. The van der Waals surface area contributed by atoms with Gasteiger partial charge in [0.1, 0.15) is 40.2 Å². The van der Waals surface area contributed by atoms with Crippen LogP contribution in [0.25, 0.3) is 22.0 Å². The van der Waals surface area contributed by atoms with Crippen LogP contribution in [-0.2, 0) is 23.0 Å². The van der Waals surface area contributed by atoms with Crippen LogP contribution in [-0.4, -0.2) is 36.9 Å². The summed E-state index contributed by atoms with van der Waals surface area (Å²) < 4.78 is 41.8. The van der Waals surface area contributed by atoms with Crippen LogP contribution in [0.2, 0.25) is 0 Å². The maximum Gasteiger partial charge on any atom is 0.148 e. The molecular formula is C31H29FN4O3S. The van der Waals surface area contributed by atoms with Gasteiger partial charge in [0, 0.05) is 30.4 Å². The van der Waals surface area contributed by atoms with E-state index in [1.54, 1.807) is 6.07 Å². The number of ether oxygens (including phenoxy) is 1. The van der Waals surface area contributed by atoms with Gasteiger partial charge >= 0.3 is 0 Å². The molecule has 1 heterocycles. The van der Waals surface area contributed by atoms with Gasteiger partial charge in [-0.2, -0.15) is 0 Å². The van der Waals surface area contributed by atoms with Crippen molar-refractivity contribution in [1.29, 1.82) is 0 Å². The molecule has 0 bridgehead atoms. The topological polar surface area (TPSA) is 93.2 Å². The fourth-order valence-corrected chi connectivity index (χ4v) is 4.72. The molecule has 4 aromatic carbocycles. The van der Waals surface area contributed by atoms with E-state index < -0.39 is 9.84 Å². The van der Waals surface area contributed by atoms with Crippen molar-refractivity contribution >= 4 is 32.2 Å². The normalized spacial score (nSPS) is 11.4. The van der Waals surface area contributed by atoms with E-state index in [1.165, 1.54) is 24.7 Å². The second kappa shape index (κ2) is 12.2. The highest BCUT2D eigenvalue weighted by Gasteiger charge is 2.08. The van der Waals surface area contributed by atoms with Crippen molar-refractivity contribution < 1.29 is 17.5 Å². The summed E-state index contributed by atoms with van der Waals surface area (Å²) in [5.74, 6) is 1.20. The van der Waals surface area contributed by atoms with Crippen LogP contribution in [0.5, 0.6) is 5.75 Å². The number of sulfone groups is 1. The molecular weight excluding hydrogens is 527 g/mol. The van der Waals surface area contributed by atoms with Crippen molar-refractivity contribution in [3.63, 3.8) is 0 Å². The lowest BCUT2D eigenvalue weighted by Crippen LogP contribution is -2.21. The molecule has 0 spiro atoms. The Morgan fingerprint density at radius 3 is 2.38 bits per heavy atom. The van der Waals surface area contributed by atoms with E-state index in [2.05, 4.69) is 26.7 Å². The zero-order chi connectivity index (χ0) is 28.0. The Hall–Kier alpha value is -4.34. The van der Waals surface area contributed by atoms with Crippen molar-refractivity contribution in [2.24, 2.45) is 0 Å². The van der Waals surface area contributed by atoms with E-state index in [4.69, 9.17) is 4.74 Å². The Balaban J connectivity index is 1.26. The van der Waals surface area contributed by atoms with Crippen molar-refractivity contribution in [1.82, 2.24) is 15.3 Å². The predicted molar refractivity (Wildman–Crippen MR) is 157 cm³/mol. The van der Waals surface area contributed by atoms with Crippen LogP contribution in [0.4, 0.5) is 15.9 Å². The van der Waals surface area contributed by atoms with Gasteiger partial charge in [0.05, 0.1) is 11.3 Å². The zero-order valence-electron chi connectivity index (χ0n) is 22.0. The third-order valence-corrected chi connectivity index (χ3v) is 7.26. The molecule has 5 aromatic rings. The maximum atomic E-state index is 13.4. The van der Waals surface area contributed by atoms with Gasteiger partial charge in [0.25, 0.3) is 0 Å². The average Bonchev–Trinajstić information content (AvgIpc) is 2.95. The highest BCUT2D eigenvalue weighted by Crippen LogP contribution is 2.29. The van der Waals surface area contributed by atoms with Gasteiger partial charge in [-0.3, -0.25) is 0 Å². The van der Waals surface area contributed by atoms with Gasteiger partial charge in [-0.15, -0.1) is 0 Å². The van der Waals surface area contributed by atoms with Crippen molar-refractivity contribution in [3.8, 4) is 16.9 Å². The molecule has 0 amide bonds. The number of fused-ring (bicyclic) bond motifs is 1. The molecule has 204 valence electrons. The molecule has 1 aromatic heterocycles. The lowest BCUT2D eigenvalue weighted by Gasteiger charge is -2.11. The second-order valence-corrected chi connectivity index (χ2v) is 11.8. The smallest absolute Gasteiger partial charge is 0.148 e. The van der Waals surface area contributed by atoms with E-state index in [1.807, 2.05) is 66.7 Å². The summed E-state index contributed by atoms with van der Waals surface area (Å²) in [6, 6.07) is 28.1. The highest BCUT2D eigenvalue weighted by molar-refractivity contribution is 7.90. The van der Waals surface area contributed by atoms with Gasteiger partial charge in [0.2, 0.25) is 0 Å². The molecule has 0 atom stereocenters. The van der Waals surface area contributed by atoms with Gasteiger partial charge in [-0.1, -0.05) is 42.5 Å². The molecule has 40 heavy (non-hydrogen) atoms. The summed E-state index contributed by atoms with van der Waals surface area (Å²) in [4.78, 5) is 8.89. The Morgan fingerprint density at radius 1 is 0.850 bits per heavy atom. The van der Waals surface area contributed by atoms with Crippen LogP contribution in [0.3, 0.4) is 0 Å². The average molecular weight is 557 g/mol. The first-order valence-corrected chi connectivity index (χ1v) is 14.9. The fraction of sp³-hybridized carbons (Fsp3) is 0.161. The zero-order valence-corrected chi connectivity index (χ0v) is 22.8. The first-order chi connectivity index (χ1) is 19.3. The van der Waals surface area contributed by atoms with E-state index in [0.717, 1.165) is 38.8 Å². The Labute approximate surface area is 233 Å². The molecule has 0 aliphatic carbocycles. The summed E-state index contributed by atoms with van der Waals surface area (Å²) in [5, 5.41) is 7.43. The number of nitrogens with zero attached hydrogens (tertiary/aromatic N) is 2. The lowest BCUT2D eigenvalue weighted by molar-refractivity contribution is 0.305. The standard InChI is InChI=1S/C31H29FN4O3S/c1-40(37,38)16-15-33-19-22-5-7-24(8-6-22)25-9-14-30-29(18-25)31(35-21-34-30)36-27-10-12-28(13-11-27)39-20-23-3-2-4-26(32)17-23/h2-14,17-18,21,33H,15-16,19-20H2,1H3,(H,34,35,36). The number of rotatable bonds is 11. The third kappa shape index (κ3) is 7.40. The number of anilines is 2. The van der Waals surface area contributed by atoms with Gasteiger partial charge in [-0.05, 0) is 70.8 Å². The van der Waals surface area contributed by atoms with E-state index in [9.17, 15) is 12.8 Å². The molecule has 2 N–H and O–H groups in total. The number of benzene rings is 4. The van der Waals surface area contributed by atoms with Crippen LogP contribution >= 0.6 is 0 Å². The number of hydrogen-bond donors (Lipinski definition) is 2. The summed E-state index contributed by atoms with van der Waals surface area (Å²) in [5.41, 5.74) is 5.59. The molecule has 0 unspecified atom stereocenters. The third-order valence-electron chi connectivity index (χ3n) is 6.31. The monoisotopic (exact) mass is 556 g/mol. The lowest BCUT2D eigenvalue weighted by atomic mass is 10.0. The molecule has 0 fully saturated rings. The highest BCUT2D eigenvalue weighted by atomic mass is 32.2.